The SMILES string of the molecule is C=CC(=C)c1nc2c(nc1CCCCCO)=CC(C(=O)N(C)CCC(C)(CC)CN(SC)c1ccccc1C)CC=2. The fourth-order valence-electron chi connectivity index (χ4n) is 5.19. The zero-order valence-electron chi connectivity index (χ0n) is 25.7. The van der Waals surface area contributed by atoms with Crippen molar-refractivity contribution in [3.63, 3.8) is 0 Å². The average molecular weight is 577 g/mol. The first-order valence-electron chi connectivity index (χ1n) is 14.8. The predicted molar refractivity (Wildman–Crippen MR) is 175 cm³/mol. The molecule has 1 aliphatic carbocycles. The normalized spacial score (nSPS) is 15.6. The number of aryl methyl sites for hydroxylation is 2. The first-order chi connectivity index (χ1) is 19.7. The second kappa shape index (κ2) is 15.4. The van der Waals surface area contributed by atoms with E-state index in [1.54, 1.807) is 18.0 Å². The molecular weight excluding hydrogens is 528 g/mol. The molecule has 1 heterocycles. The van der Waals surface area contributed by atoms with Crippen molar-refractivity contribution in [2.75, 3.05) is 37.3 Å². The Morgan fingerprint density at radius 1 is 1.22 bits per heavy atom. The zero-order valence-corrected chi connectivity index (χ0v) is 26.5. The van der Waals surface area contributed by atoms with Crippen LogP contribution in [-0.4, -0.2) is 58.9 Å². The van der Waals surface area contributed by atoms with E-state index in [1.807, 2.05) is 24.1 Å². The molecule has 6 nitrogen and oxygen atoms in total. The average Bonchev–Trinajstić information content (AvgIpc) is 2.99. The molecular formula is C34H48N4O2S. The highest BCUT2D eigenvalue weighted by Crippen LogP contribution is 2.34. The lowest BCUT2D eigenvalue weighted by Gasteiger charge is -2.36. The molecule has 7 heteroatoms. The molecule has 2 aromatic rings. The standard InChI is InChI=1S/C34H48N4O2S/c1-8-25(3)32-29(16-11-10-14-22-39)35-30-23-27(18-19-28(30)36-32)33(40)37(6)21-20-34(5,9-2)24-38(41-7)31-17-13-12-15-26(31)4/h8,12-13,15,17,19,23,27,39H,1,3,9-11,14,16,18,20-22,24H2,2,4-7H3. The van der Waals surface area contributed by atoms with Crippen molar-refractivity contribution in [1.82, 2.24) is 14.9 Å². The summed E-state index contributed by atoms with van der Waals surface area (Å²) in [6.45, 7) is 16.5. The van der Waals surface area contributed by atoms with Crippen LogP contribution in [0.1, 0.15) is 69.3 Å². The molecule has 0 spiro atoms. The van der Waals surface area contributed by atoms with E-state index < -0.39 is 0 Å². The van der Waals surface area contributed by atoms with E-state index in [4.69, 9.17) is 15.1 Å². The molecule has 0 radical (unpaired) electrons. The second-order valence-electron chi connectivity index (χ2n) is 11.4. The maximum Gasteiger partial charge on any atom is 0.229 e. The van der Waals surface area contributed by atoms with Gasteiger partial charge >= 0.3 is 0 Å². The van der Waals surface area contributed by atoms with Gasteiger partial charge in [-0.3, -0.25) is 4.79 Å². The molecule has 1 aromatic heterocycles. The molecule has 2 unspecified atom stereocenters. The highest BCUT2D eigenvalue weighted by atomic mass is 32.2. The summed E-state index contributed by atoms with van der Waals surface area (Å²) >= 11 is 1.76. The molecule has 0 saturated heterocycles. The number of amides is 1. The van der Waals surface area contributed by atoms with Crippen LogP contribution in [0.2, 0.25) is 0 Å². The van der Waals surface area contributed by atoms with Crippen LogP contribution in [0.4, 0.5) is 5.69 Å². The van der Waals surface area contributed by atoms with Crippen LogP contribution in [0.5, 0.6) is 0 Å². The smallest absolute Gasteiger partial charge is 0.229 e. The molecule has 1 N–H and O–H groups in total. The van der Waals surface area contributed by atoms with Crippen molar-refractivity contribution in [2.24, 2.45) is 11.3 Å². The molecule has 0 fully saturated rings. The second-order valence-corrected chi connectivity index (χ2v) is 12.3. The Balaban J connectivity index is 1.73. The lowest BCUT2D eigenvalue weighted by molar-refractivity contribution is -0.132. The molecule has 3 rings (SSSR count). The number of para-hydroxylation sites is 1. The molecule has 222 valence electrons. The van der Waals surface area contributed by atoms with E-state index in [2.05, 4.69) is 68.8 Å². The van der Waals surface area contributed by atoms with Gasteiger partial charge in [-0.1, -0.05) is 75.7 Å². The Morgan fingerprint density at radius 2 is 1.98 bits per heavy atom. The lowest BCUT2D eigenvalue weighted by Crippen LogP contribution is -2.42. The summed E-state index contributed by atoms with van der Waals surface area (Å²) in [5.41, 5.74) is 5.00. The van der Waals surface area contributed by atoms with E-state index in [9.17, 15) is 4.79 Å². The Bertz CT molecular complexity index is 1340. The number of hydrogen-bond acceptors (Lipinski definition) is 6. The summed E-state index contributed by atoms with van der Waals surface area (Å²) in [6, 6.07) is 8.52. The topological polar surface area (TPSA) is 69.6 Å². The van der Waals surface area contributed by atoms with Gasteiger partial charge in [0.2, 0.25) is 5.91 Å². The Labute approximate surface area is 251 Å². The number of carbonyl (C=O) groups excluding carboxylic acids is 1. The quantitative estimate of drug-likeness (QED) is 0.166. The van der Waals surface area contributed by atoms with Gasteiger partial charge in [0.05, 0.1) is 28.0 Å². The number of rotatable bonds is 16. The van der Waals surface area contributed by atoms with Crippen molar-refractivity contribution in [2.45, 2.75) is 65.7 Å². The first-order valence-corrected chi connectivity index (χ1v) is 16.0. The molecule has 0 bridgehead atoms. The van der Waals surface area contributed by atoms with Gasteiger partial charge in [0, 0.05) is 38.7 Å². The molecule has 1 amide bonds. The van der Waals surface area contributed by atoms with Crippen LogP contribution in [0.3, 0.4) is 0 Å². The fourth-order valence-corrected chi connectivity index (χ4v) is 6.03. The maximum atomic E-state index is 13.6. The van der Waals surface area contributed by atoms with Gasteiger partial charge in [-0.05, 0) is 74.1 Å². The number of unbranched alkanes of at least 4 members (excludes halogenated alkanes) is 2. The largest absolute Gasteiger partial charge is 0.396 e. The molecule has 1 aromatic carbocycles. The number of aliphatic hydroxyl groups is 1. The third-order valence-electron chi connectivity index (χ3n) is 8.30. The molecule has 2 atom stereocenters. The summed E-state index contributed by atoms with van der Waals surface area (Å²) in [7, 11) is 1.92. The highest BCUT2D eigenvalue weighted by Gasteiger charge is 2.29. The van der Waals surface area contributed by atoms with Crippen molar-refractivity contribution in [3.8, 4) is 0 Å². The Morgan fingerprint density at radius 3 is 2.63 bits per heavy atom. The summed E-state index contributed by atoms with van der Waals surface area (Å²) in [5, 5.41) is 10.7. The van der Waals surface area contributed by atoms with Gasteiger partial charge in [0.25, 0.3) is 0 Å². The van der Waals surface area contributed by atoms with Crippen LogP contribution in [0.15, 0.2) is 43.5 Å². The molecule has 1 aliphatic rings. The van der Waals surface area contributed by atoms with Crippen molar-refractivity contribution >= 4 is 41.3 Å². The lowest BCUT2D eigenvalue weighted by atomic mass is 9.83. The molecule has 0 saturated carbocycles. The zero-order chi connectivity index (χ0) is 30.0. The van der Waals surface area contributed by atoms with Crippen LogP contribution in [0.25, 0.3) is 17.7 Å². The van der Waals surface area contributed by atoms with Crippen LogP contribution >= 0.6 is 11.9 Å². The monoisotopic (exact) mass is 576 g/mol. The van der Waals surface area contributed by atoms with Gasteiger partial charge < -0.3 is 14.3 Å². The number of anilines is 1. The number of hydrogen-bond donors (Lipinski definition) is 1. The number of fused-ring (bicyclic) bond motifs is 1. The number of aliphatic hydroxyl groups excluding tert-OH is 1. The van der Waals surface area contributed by atoms with Crippen LogP contribution < -0.4 is 15.0 Å². The minimum atomic E-state index is -0.250. The van der Waals surface area contributed by atoms with Gasteiger partial charge in [-0.2, -0.15) is 0 Å². The van der Waals surface area contributed by atoms with Gasteiger partial charge in [0.1, 0.15) is 0 Å². The summed E-state index contributed by atoms with van der Waals surface area (Å²) in [5.74, 6) is -0.128. The minimum Gasteiger partial charge on any atom is -0.396 e. The van der Waals surface area contributed by atoms with E-state index in [0.29, 0.717) is 13.0 Å². The van der Waals surface area contributed by atoms with E-state index in [1.165, 1.54) is 11.3 Å². The number of aromatic nitrogens is 2. The third kappa shape index (κ3) is 8.55. The fraction of sp³-hybridized carbons (Fsp3) is 0.500. The van der Waals surface area contributed by atoms with Crippen molar-refractivity contribution < 1.29 is 9.90 Å². The van der Waals surface area contributed by atoms with Gasteiger partial charge in [-0.25, -0.2) is 9.97 Å². The van der Waals surface area contributed by atoms with Crippen molar-refractivity contribution in [1.29, 1.82) is 0 Å². The highest BCUT2D eigenvalue weighted by molar-refractivity contribution is 7.99. The molecule has 41 heavy (non-hydrogen) atoms. The predicted octanol–water partition coefficient (Wildman–Crippen LogP) is 5.32. The Kier molecular flexibility index (Phi) is 12.2. The summed E-state index contributed by atoms with van der Waals surface area (Å²) < 4.78 is 2.39. The van der Waals surface area contributed by atoms with Gasteiger partial charge in [0.15, 0.2) is 0 Å². The van der Waals surface area contributed by atoms with Crippen LogP contribution in [0, 0.1) is 18.3 Å². The number of benzene rings is 1. The number of carbonyl (C=O) groups is 1. The Hall–Kier alpha value is -2.90. The third-order valence-corrected chi connectivity index (χ3v) is 9.06. The molecule has 0 aliphatic heterocycles. The first kappa shape index (κ1) is 32.6. The van der Waals surface area contributed by atoms with E-state index in [0.717, 1.165) is 72.7 Å². The number of nitrogens with zero attached hydrogens (tertiary/aromatic N) is 4. The van der Waals surface area contributed by atoms with Crippen molar-refractivity contribution in [3.05, 3.63) is 71.1 Å². The minimum absolute atomic E-state index is 0.0647. The summed E-state index contributed by atoms with van der Waals surface area (Å²) in [6.07, 6.45) is 13.8. The maximum absolute atomic E-state index is 13.6. The van der Waals surface area contributed by atoms with Crippen LogP contribution in [-0.2, 0) is 11.2 Å². The van der Waals surface area contributed by atoms with E-state index in [-0.39, 0.29) is 23.8 Å². The van der Waals surface area contributed by atoms with Gasteiger partial charge in [-0.15, -0.1) is 0 Å². The summed E-state index contributed by atoms with van der Waals surface area (Å²) in [4.78, 5) is 25.3. The van der Waals surface area contributed by atoms with E-state index >= 15 is 0 Å². The number of allylic oxidation sites excluding steroid dienone is 2.